The lowest BCUT2D eigenvalue weighted by Crippen LogP contribution is -2.31. The molecule has 32 heavy (non-hydrogen) atoms. The fraction of sp³-hybridized carbons (Fsp3) is 0.200. The molecule has 1 amide bonds. The van der Waals surface area contributed by atoms with E-state index in [2.05, 4.69) is 15.9 Å². The number of hydrogen-bond donors (Lipinski definition) is 1. The molecule has 0 bridgehead atoms. The summed E-state index contributed by atoms with van der Waals surface area (Å²) in [5, 5.41) is 9.04. The zero-order chi connectivity index (χ0) is 22.7. The van der Waals surface area contributed by atoms with E-state index in [1.165, 1.54) is 0 Å². The van der Waals surface area contributed by atoms with Crippen LogP contribution >= 0.6 is 15.9 Å². The van der Waals surface area contributed by atoms with Crippen molar-refractivity contribution in [1.82, 2.24) is 4.90 Å². The Kier molecular flexibility index (Phi) is 6.46. The molecule has 3 aromatic rings. The second-order valence-corrected chi connectivity index (χ2v) is 8.57. The molecule has 0 unspecified atom stereocenters. The number of carboxylic acids is 1. The van der Waals surface area contributed by atoms with Crippen LogP contribution in [0.5, 0.6) is 11.5 Å². The molecule has 3 aromatic carbocycles. The van der Waals surface area contributed by atoms with Crippen molar-refractivity contribution in [3.63, 3.8) is 0 Å². The van der Waals surface area contributed by atoms with Crippen molar-refractivity contribution in [2.75, 3.05) is 0 Å². The van der Waals surface area contributed by atoms with Crippen molar-refractivity contribution in [2.24, 2.45) is 0 Å². The first-order valence-electron chi connectivity index (χ1n) is 10.2. The van der Waals surface area contributed by atoms with Crippen LogP contribution in [0, 0.1) is 0 Å². The van der Waals surface area contributed by atoms with Crippen LogP contribution in [0.25, 0.3) is 0 Å². The van der Waals surface area contributed by atoms with Gasteiger partial charge in [-0.1, -0.05) is 58.4 Å². The molecule has 1 heterocycles. The minimum atomic E-state index is -0.902. The van der Waals surface area contributed by atoms with Crippen LogP contribution < -0.4 is 4.74 Å². The highest BCUT2D eigenvalue weighted by Crippen LogP contribution is 2.36. The zero-order valence-electron chi connectivity index (χ0n) is 17.4. The van der Waals surface area contributed by atoms with E-state index >= 15 is 0 Å². The number of carbonyl (C=O) groups excluding carboxylic acids is 1. The summed E-state index contributed by atoms with van der Waals surface area (Å²) in [4.78, 5) is 25.4. The number of amides is 1. The summed E-state index contributed by atoms with van der Waals surface area (Å²) in [5.74, 6) is 0.219. The molecule has 6 nitrogen and oxygen atoms in total. The molecule has 0 radical (unpaired) electrons. The highest BCUT2D eigenvalue weighted by atomic mass is 79.9. The number of hydrogen-bond acceptors (Lipinski definition) is 4. The van der Waals surface area contributed by atoms with E-state index in [1.807, 2.05) is 55.5 Å². The van der Waals surface area contributed by atoms with Crippen molar-refractivity contribution >= 4 is 28.0 Å². The summed E-state index contributed by atoms with van der Waals surface area (Å²) in [6.45, 7) is 2.28. The molecular weight excluding hydrogens is 474 g/mol. The number of cyclic esters (lactones) is 1. The molecule has 0 saturated carbocycles. The van der Waals surface area contributed by atoms with Crippen LogP contribution in [-0.4, -0.2) is 28.1 Å². The molecule has 1 aliphatic rings. The SMILES string of the molecule is C[C@H]1[C@@H](c2ccccc2)OC(=O)N1Cc1cc(Br)ccc1Oc1cccc(CC(=O)O)c1. The summed E-state index contributed by atoms with van der Waals surface area (Å²) in [6, 6.07) is 22.1. The van der Waals surface area contributed by atoms with Crippen molar-refractivity contribution in [1.29, 1.82) is 0 Å². The predicted octanol–water partition coefficient (Wildman–Crippen LogP) is 5.95. The molecule has 1 aliphatic heterocycles. The lowest BCUT2D eigenvalue weighted by Gasteiger charge is -2.22. The molecular formula is C25H22BrNO5. The van der Waals surface area contributed by atoms with Crippen LogP contribution in [0.1, 0.15) is 29.7 Å². The number of ether oxygens (including phenoxy) is 2. The Morgan fingerprint density at radius 3 is 2.62 bits per heavy atom. The van der Waals surface area contributed by atoms with Gasteiger partial charge in [-0.2, -0.15) is 0 Å². The Morgan fingerprint density at radius 1 is 1.09 bits per heavy atom. The summed E-state index contributed by atoms with van der Waals surface area (Å²) >= 11 is 3.49. The Hall–Kier alpha value is -3.32. The van der Waals surface area contributed by atoms with E-state index in [0.717, 1.165) is 15.6 Å². The quantitative estimate of drug-likeness (QED) is 0.438. The van der Waals surface area contributed by atoms with Crippen molar-refractivity contribution in [3.05, 3.63) is 94.0 Å². The molecule has 2 atom stereocenters. The van der Waals surface area contributed by atoms with Crippen molar-refractivity contribution in [3.8, 4) is 11.5 Å². The van der Waals surface area contributed by atoms with Crippen molar-refractivity contribution in [2.45, 2.75) is 32.0 Å². The molecule has 4 rings (SSSR count). The topological polar surface area (TPSA) is 76.1 Å². The van der Waals surface area contributed by atoms with Crippen molar-refractivity contribution < 1.29 is 24.2 Å². The first-order valence-corrected chi connectivity index (χ1v) is 11.0. The lowest BCUT2D eigenvalue weighted by molar-refractivity contribution is -0.136. The highest BCUT2D eigenvalue weighted by molar-refractivity contribution is 9.10. The second-order valence-electron chi connectivity index (χ2n) is 7.66. The van der Waals surface area contributed by atoms with Gasteiger partial charge in [-0.3, -0.25) is 9.69 Å². The minimum Gasteiger partial charge on any atom is -0.481 e. The molecule has 0 spiro atoms. The van der Waals surface area contributed by atoms with E-state index in [0.29, 0.717) is 23.6 Å². The van der Waals surface area contributed by atoms with E-state index in [1.54, 1.807) is 29.2 Å². The Labute approximate surface area is 194 Å². The third-order valence-electron chi connectivity index (χ3n) is 5.36. The van der Waals surface area contributed by atoms with Gasteiger partial charge in [0, 0.05) is 10.0 Å². The third-order valence-corrected chi connectivity index (χ3v) is 5.86. The molecule has 1 fully saturated rings. The maximum Gasteiger partial charge on any atom is 0.411 e. The normalized spacial score (nSPS) is 17.8. The van der Waals surface area contributed by atoms with Crippen LogP contribution in [0.3, 0.4) is 0 Å². The number of halogens is 1. The second kappa shape index (κ2) is 9.44. The fourth-order valence-corrected chi connectivity index (χ4v) is 4.19. The number of carbonyl (C=O) groups is 2. The first kappa shape index (κ1) is 21.9. The van der Waals surface area contributed by atoms with Crippen LogP contribution in [0.2, 0.25) is 0 Å². The predicted molar refractivity (Wildman–Crippen MR) is 123 cm³/mol. The number of aliphatic carboxylic acids is 1. The van der Waals surface area contributed by atoms with Gasteiger partial charge in [0.2, 0.25) is 0 Å². The van der Waals surface area contributed by atoms with Gasteiger partial charge < -0.3 is 14.6 Å². The van der Waals surface area contributed by atoms with Crippen LogP contribution in [-0.2, 0) is 22.5 Å². The van der Waals surface area contributed by atoms with E-state index in [4.69, 9.17) is 14.6 Å². The molecule has 1 saturated heterocycles. The van der Waals surface area contributed by atoms with Crippen LogP contribution in [0.15, 0.2) is 77.3 Å². The van der Waals surface area contributed by atoms with Gasteiger partial charge in [0.15, 0.2) is 0 Å². The summed E-state index contributed by atoms with van der Waals surface area (Å²) in [7, 11) is 0. The fourth-order valence-electron chi connectivity index (χ4n) is 3.78. The molecule has 0 aromatic heterocycles. The Morgan fingerprint density at radius 2 is 1.88 bits per heavy atom. The minimum absolute atomic E-state index is 0.0809. The smallest absolute Gasteiger partial charge is 0.411 e. The third kappa shape index (κ3) is 4.94. The number of carboxylic acid groups (broad SMARTS) is 1. The summed E-state index contributed by atoms with van der Waals surface area (Å²) < 4.78 is 12.6. The Bertz CT molecular complexity index is 1130. The highest BCUT2D eigenvalue weighted by Gasteiger charge is 2.39. The Balaban J connectivity index is 1.56. The average molecular weight is 496 g/mol. The van der Waals surface area contributed by atoms with Gasteiger partial charge in [0.05, 0.1) is 19.0 Å². The van der Waals surface area contributed by atoms with Gasteiger partial charge in [-0.15, -0.1) is 0 Å². The average Bonchev–Trinajstić information content (AvgIpc) is 3.04. The molecule has 0 aliphatic carbocycles. The van der Waals surface area contributed by atoms with Gasteiger partial charge in [-0.25, -0.2) is 4.79 Å². The van der Waals surface area contributed by atoms with E-state index in [-0.39, 0.29) is 24.7 Å². The monoisotopic (exact) mass is 495 g/mol. The first-order chi connectivity index (χ1) is 15.4. The van der Waals surface area contributed by atoms with Gasteiger partial charge in [0.25, 0.3) is 0 Å². The van der Waals surface area contributed by atoms with Gasteiger partial charge in [0.1, 0.15) is 17.6 Å². The lowest BCUT2D eigenvalue weighted by atomic mass is 10.0. The molecule has 7 heteroatoms. The summed E-state index contributed by atoms with van der Waals surface area (Å²) in [6.07, 6.45) is -0.795. The van der Waals surface area contributed by atoms with Gasteiger partial charge >= 0.3 is 12.1 Å². The number of nitrogens with zero attached hydrogens (tertiary/aromatic N) is 1. The van der Waals surface area contributed by atoms with Gasteiger partial charge in [-0.05, 0) is 48.4 Å². The van der Waals surface area contributed by atoms with E-state index in [9.17, 15) is 9.59 Å². The maximum atomic E-state index is 12.7. The number of benzene rings is 3. The maximum absolute atomic E-state index is 12.7. The largest absolute Gasteiger partial charge is 0.481 e. The zero-order valence-corrected chi connectivity index (χ0v) is 19.0. The summed E-state index contributed by atoms with van der Waals surface area (Å²) in [5.41, 5.74) is 2.41. The standard InChI is InChI=1S/C25H22BrNO5/c1-16-24(18-7-3-2-4-8-18)32-25(30)27(16)15-19-14-20(26)10-11-22(19)31-21-9-5-6-17(12-21)13-23(28)29/h2-12,14,16,24H,13,15H2,1H3,(H,28,29)/t16-,24-/m0/s1. The molecule has 164 valence electrons. The van der Waals surface area contributed by atoms with E-state index < -0.39 is 5.97 Å². The van der Waals surface area contributed by atoms with Crippen LogP contribution in [0.4, 0.5) is 4.79 Å². The molecule has 1 N–H and O–H groups in total. The number of rotatable bonds is 7.